The first-order valence-electron chi connectivity index (χ1n) is 34.9. The zero-order valence-electron chi connectivity index (χ0n) is 52.0. The largest absolute Gasteiger partial charge is 0.378 e. The minimum atomic E-state index is 0.194. The van der Waals surface area contributed by atoms with Gasteiger partial charge in [-0.15, -0.1) is 0 Å². The third-order valence-electron chi connectivity index (χ3n) is 21.9. The van der Waals surface area contributed by atoms with Crippen LogP contribution in [-0.2, 0) is 19.0 Å². The topological polar surface area (TPSA) is 160 Å². The van der Waals surface area contributed by atoms with Crippen molar-refractivity contribution in [2.45, 2.75) is 299 Å². The van der Waals surface area contributed by atoms with Gasteiger partial charge in [0.15, 0.2) is 0 Å². The molecule has 6 saturated heterocycles. The van der Waals surface area contributed by atoms with Crippen molar-refractivity contribution in [2.24, 2.45) is 17.8 Å². The van der Waals surface area contributed by atoms with Gasteiger partial charge < -0.3 is 60.0 Å². The van der Waals surface area contributed by atoms with Gasteiger partial charge in [0.05, 0.1) is 18.3 Å². The molecule has 0 radical (unpaired) electrons. The third-order valence-corrected chi connectivity index (χ3v) is 21.9. The summed E-state index contributed by atoms with van der Waals surface area (Å²) in [4.78, 5) is 60.4. The zero-order chi connectivity index (χ0) is 57.0. The van der Waals surface area contributed by atoms with Gasteiger partial charge >= 0.3 is 18.1 Å². The van der Waals surface area contributed by atoms with E-state index in [0.29, 0.717) is 78.1 Å². The van der Waals surface area contributed by atoms with Gasteiger partial charge in [0.1, 0.15) is 5.78 Å². The van der Waals surface area contributed by atoms with E-state index in [1.54, 1.807) is 0 Å². The number of hydrogen-bond donors (Lipinski definition) is 4. The normalized spacial score (nSPS) is 34.0. The van der Waals surface area contributed by atoms with Gasteiger partial charge in [0.25, 0.3) is 0 Å². The maximum absolute atomic E-state index is 12.6. The molecule has 0 aromatic carbocycles. The van der Waals surface area contributed by atoms with Gasteiger partial charge in [-0.3, -0.25) is 4.79 Å². The Hall–Kier alpha value is -2.76. The molecule has 6 amide bonds. The Morgan fingerprint density at radius 3 is 1.02 bits per heavy atom. The van der Waals surface area contributed by atoms with Crippen LogP contribution in [-0.4, -0.2) is 194 Å². The number of carbonyl (C=O) groups is 4. The summed E-state index contributed by atoms with van der Waals surface area (Å²) >= 11 is 0. The van der Waals surface area contributed by atoms with Crippen molar-refractivity contribution in [3.63, 3.8) is 0 Å². The highest BCUT2D eigenvalue weighted by atomic mass is 16.5. The first-order valence-corrected chi connectivity index (χ1v) is 34.9. The quantitative estimate of drug-likeness (QED) is 0.132. The van der Waals surface area contributed by atoms with E-state index < -0.39 is 0 Å². The zero-order valence-corrected chi connectivity index (χ0v) is 52.0. The molecular weight excluding hydrogens is 1030 g/mol. The lowest BCUT2D eigenvalue weighted by Gasteiger charge is -2.50. The Bertz CT molecular complexity index is 1800. The monoisotopic (exact) mass is 1150 g/mol. The molecule has 12 aliphatic rings. The summed E-state index contributed by atoms with van der Waals surface area (Å²) in [6.07, 6.45) is 40.4. The molecule has 82 heavy (non-hydrogen) atoms. The number of Topliss-reactive ketones (excluding diaryl/α,β-unsaturated/α-hetero) is 1. The highest BCUT2D eigenvalue weighted by Gasteiger charge is 2.45. The highest BCUT2D eigenvalue weighted by molar-refractivity contribution is 5.79. The second-order valence-corrected chi connectivity index (χ2v) is 27.3. The van der Waals surface area contributed by atoms with Crippen LogP contribution in [0.4, 0.5) is 14.4 Å². The number of ketones is 1. The average molecular weight is 1150 g/mol. The fraction of sp³-hybridized carbons (Fsp3) is 0.939. The van der Waals surface area contributed by atoms with Gasteiger partial charge in [-0.25, -0.2) is 14.4 Å². The third kappa shape index (κ3) is 17.7. The lowest BCUT2D eigenvalue weighted by Crippen LogP contribution is -2.63. The number of nitrogens with zero attached hydrogens (tertiary/aromatic N) is 5. The van der Waals surface area contributed by atoms with Crippen molar-refractivity contribution in [2.75, 3.05) is 78.7 Å². The minimum absolute atomic E-state index is 0.194. The molecule has 6 saturated carbocycles. The van der Waals surface area contributed by atoms with E-state index in [4.69, 9.17) is 14.2 Å². The van der Waals surface area contributed by atoms with Gasteiger partial charge in [0.2, 0.25) is 0 Å². The molecule has 6 aliphatic carbocycles. The summed E-state index contributed by atoms with van der Waals surface area (Å²) in [6, 6.07) is 5.03. The van der Waals surface area contributed by atoms with Crippen molar-refractivity contribution in [3.05, 3.63) is 0 Å². The van der Waals surface area contributed by atoms with Crippen LogP contribution in [0, 0.1) is 17.8 Å². The fourth-order valence-corrected chi connectivity index (χ4v) is 17.3. The molecule has 6 aliphatic heterocycles. The predicted octanol–water partition coefficient (Wildman–Crippen LogP) is 10.8. The number of likely N-dealkylation sites (tertiary alicyclic amines) is 2. The molecule has 0 bridgehead atoms. The van der Waals surface area contributed by atoms with E-state index >= 15 is 0 Å². The highest BCUT2D eigenvalue weighted by Crippen LogP contribution is 2.38. The van der Waals surface area contributed by atoms with E-state index in [1.807, 2.05) is 0 Å². The molecule has 0 unspecified atom stereocenters. The molecule has 12 rings (SSSR count). The maximum atomic E-state index is 12.6. The standard InChI is InChI=1S/2C22H39N3O2.C13H23N3O.C9H16O2/c2*1-2-15-27-20-9-7-18(8-10-20)24-13-11-19(12-14-24)25-21-6-4-3-5-17(21)16-23-22(25)26;17-13-15-9-10-3-1-2-4-12(10)16(13)11-5-7-14-8-6-11;1-2-7-11-9-5-3-8(10)4-6-9/h2*17-21H,2-16H2,1H3,(H,23,26);10-12,14H,1-9H2,(H,15,17);9H,2-7H2,1H3/t2*17-,18?,20?,21+;10-,12+;/m111./s1. The Labute approximate surface area is 496 Å². The van der Waals surface area contributed by atoms with Crippen LogP contribution in [0.1, 0.15) is 233 Å². The number of fused-ring (bicyclic) bond motifs is 3. The second kappa shape index (κ2) is 33.4. The van der Waals surface area contributed by atoms with Crippen molar-refractivity contribution >= 4 is 23.9 Å². The molecule has 6 atom stereocenters. The molecule has 468 valence electrons. The average Bonchev–Trinajstić information content (AvgIpc) is 3.61. The Morgan fingerprint density at radius 1 is 0.366 bits per heavy atom. The van der Waals surface area contributed by atoms with Crippen LogP contribution in [0.3, 0.4) is 0 Å². The fourth-order valence-electron chi connectivity index (χ4n) is 17.3. The summed E-state index contributed by atoms with van der Waals surface area (Å²) in [6.45, 7) is 18.7. The number of hydrogen-bond acceptors (Lipinski definition) is 10. The SMILES string of the molecule is CCCOC1CCC(=O)CC1.CCCOC1CCC(N2CCC(N3C(=O)NC[C@H]4CCCC[C@@H]43)CC2)CC1.CCCOC1CCC(N2CCC(N3C(=O)NC[C@H]4CCCC[C@@H]43)CC2)CC1.O=C1NC[C@H]2CCCC[C@@H]2N1C1CCNCC1. The number of rotatable bonds is 14. The molecule has 16 heteroatoms. The lowest BCUT2D eigenvalue weighted by molar-refractivity contribution is -0.123. The predicted molar refractivity (Wildman–Crippen MR) is 326 cm³/mol. The number of amides is 6. The molecule has 0 aromatic heterocycles. The summed E-state index contributed by atoms with van der Waals surface area (Å²) in [7, 11) is 0. The van der Waals surface area contributed by atoms with Crippen LogP contribution >= 0.6 is 0 Å². The van der Waals surface area contributed by atoms with E-state index in [0.717, 1.165) is 174 Å². The molecule has 6 heterocycles. The summed E-state index contributed by atoms with van der Waals surface area (Å²) < 4.78 is 17.4. The first kappa shape index (κ1) is 63.7. The Kier molecular flexibility index (Phi) is 26.0. The minimum Gasteiger partial charge on any atom is -0.378 e. The summed E-state index contributed by atoms with van der Waals surface area (Å²) in [5, 5.41) is 12.8. The van der Waals surface area contributed by atoms with Crippen LogP contribution in [0.2, 0.25) is 0 Å². The van der Waals surface area contributed by atoms with Crippen molar-refractivity contribution in [1.82, 2.24) is 45.8 Å². The van der Waals surface area contributed by atoms with E-state index in [2.05, 4.69) is 66.5 Å². The smallest absolute Gasteiger partial charge is 0.317 e. The number of carbonyl (C=O) groups excluding carboxylic acids is 4. The van der Waals surface area contributed by atoms with Crippen molar-refractivity contribution in [3.8, 4) is 0 Å². The van der Waals surface area contributed by atoms with Crippen molar-refractivity contribution < 1.29 is 33.4 Å². The molecule has 0 spiro atoms. The van der Waals surface area contributed by atoms with Gasteiger partial charge in [-0.05, 0) is 191 Å². The van der Waals surface area contributed by atoms with E-state index in [1.165, 1.54) is 128 Å². The molecular formula is C66H117N9O7. The second-order valence-electron chi connectivity index (χ2n) is 27.3. The van der Waals surface area contributed by atoms with Gasteiger partial charge in [0, 0.05) is 127 Å². The van der Waals surface area contributed by atoms with Crippen LogP contribution < -0.4 is 21.3 Å². The van der Waals surface area contributed by atoms with Crippen molar-refractivity contribution in [1.29, 1.82) is 0 Å². The lowest BCUT2D eigenvalue weighted by atomic mass is 9.81. The van der Waals surface area contributed by atoms with Gasteiger partial charge in [-0.1, -0.05) is 59.3 Å². The summed E-state index contributed by atoms with van der Waals surface area (Å²) in [5.74, 6) is 2.48. The van der Waals surface area contributed by atoms with Crippen LogP contribution in [0.25, 0.3) is 0 Å². The van der Waals surface area contributed by atoms with E-state index in [9.17, 15) is 19.2 Å². The van der Waals surface area contributed by atoms with Crippen LogP contribution in [0.15, 0.2) is 0 Å². The number of nitrogens with one attached hydrogen (secondary N) is 4. The Morgan fingerprint density at radius 2 is 0.683 bits per heavy atom. The molecule has 16 nitrogen and oxygen atoms in total. The van der Waals surface area contributed by atoms with Gasteiger partial charge in [-0.2, -0.15) is 0 Å². The van der Waals surface area contributed by atoms with Crippen LogP contribution in [0.5, 0.6) is 0 Å². The molecule has 4 N–H and O–H groups in total. The molecule has 0 aromatic rings. The Balaban J connectivity index is 0.000000138. The molecule has 12 fully saturated rings. The number of piperidine rings is 3. The summed E-state index contributed by atoms with van der Waals surface area (Å²) in [5.41, 5.74) is 0. The number of urea groups is 3. The first-order chi connectivity index (χ1) is 40.2. The number of ether oxygens (including phenoxy) is 3. The maximum Gasteiger partial charge on any atom is 0.317 e. The van der Waals surface area contributed by atoms with E-state index in [-0.39, 0.29) is 18.1 Å².